The van der Waals surface area contributed by atoms with E-state index in [9.17, 15) is 8.42 Å². The lowest BCUT2D eigenvalue weighted by atomic mass is 10.4. The molecular formula is C4H8O2S. The van der Waals surface area contributed by atoms with Crippen LogP contribution in [0.3, 0.4) is 0 Å². The molecule has 1 rings (SSSR count). The molecule has 42 valence electrons. The van der Waals surface area contributed by atoms with Gasteiger partial charge in [0, 0.05) is 0 Å². The van der Waals surface area contributed by atoms with E-state index in [1.54, 1.807) is 0 Å². The summed E-state index contributed by atoms with van der Waals surface area (Å²) in [5.41, 5.74) is 0. The minimum Gasteiger partial charge on any atom is -0.228 e. The Labute approximate surface area is 43.5 Å². The molecule has 0 aliphatic carbocycles. The summed E-state index contributed by atoms with van der Waals surface area (Å²) in [6, 6.07) is 0. The van der Waals surface area contributed by atoms with Crippen LogP contribution in [0.25, 0.3) is 0 Å². The SMILES string of the molecule is CCC1CS1(=O)=O. The molecule has 7 heavy (non-hydrogen) atoms. The highest BCUT2D eigenvalue weighted by Crippen LogP contribution is 2.23. The van der Waals surface area contributed by atoms with E-state index in [2.05, 4.69) is 0 Å². The largest absolute Gasteiger partial charge is 0.228 e. The van der Waals surface area contributed by atoms with Crippen molar-refractivity contribution in [3.8, 4) is 0 Å². The second-order valence-electron chi connectivity index (χ2n) is 1.86. The second-order valence-corrected chi connectivity index (χ2v) is 4.19. The third kappa shape index (κ3) is 0.774. The molecule has 0 saturated carbocycles. The van der Waals surface area contributed by atoms with Crippen LogP contribution in [0.2, 0.25) is 0 Å². The normalized spacial score (nSPS) is 35.3. The monoisotopic (exact) mass is 120 g/mol. The summed E-state index contributed by atoms with van der Waals surface area (Å²) in [6.07, 6.45) is 0.794. The van der Waals surface area contributed by atoms with Crippen molar-refractivity contribution in [2.45, 2.75) is 18.6 Å². The summed E-state index contributed by atoms with van der Waals surface area (Å²) in [5, 5.41) is 0.0208. The summed E-state index contributed by atoms with van der Waals surface area (Å²) in [7, 11) is -2.51. The first kappa shape index (κ1) is 5.09. The zero-order valence-electron chi connectivity index (χ0n) is 4.22. The standard InChI is InChI=1S/C4H8O2S/c1-2-4-3-7(4,5)6/h4H,2-3H2,1H3. The molecule has 0 bridgehead atoms. The Balaban J connectivity index is 2.62. The molecule has 1 heterocycles. The van der Waals surface area contributed by atoms with Gasteiger partial charge in [-0.3, -0.25) is 0 Å². The molecule has 0 amide bonds. The average Bonchev–Trinajstić information content (AvgIpc) is 2.13. The van der Waals surface area contributed by atoms with Crippen LogP contribution in [0.15, 0.2) is 0 Å². The molecule has 0 spiro atoms. The van der Waals surface area contributed by atoms with Crippen LogP contribution in [0.1, 0.15) is 13.3 Å². The lowest BCUT2D eigenvalue weighted by Gasteiger charge is -1.72. The van der Waals surface area contributed by atoms with E-state index in [0.29, 0.717) is 5.75 Å². The molecule has 0 aromatic rings. The van der Waals surface area contributed by atoms with Crippen molar-refractivity contribution >= 4 is 9.84 Å². The van der Waals surface area contributed by atoms with Gasteiger partial charge in [0.1, 0.15) is 0 Å². The number of hydrogen-bond donors (Lipinski definition) is 0. The van der Waals surface area contributed by atoms with Crippen LogP contribution in [0.4, 0.5) is 0 Å². The van der Waals surface area contributed by atoms with Crippen LogP contribution >= 0.6 is 0 Å². The van der Waals surface area contributed by atoms with E-state index in [-0.39, 0.29) is 5.25 Å². The van der Waals surface area contributed by atoms with Crippen LogP contribution in [0.5, 0.6) is 0 Å². The Morgan fingerprint density at radius 3 is 2.14 bits per heavy atom. The molecule has 2 nitrogen and oxygen atoms in total. The maximum absolute atomic E-state index is 10.3. The van der Waals surface area contributed by atoms with Crippen molar-refractivity contribution in [1.82, 2.24) is 0 Å². The summed E-state index contributed by atoms with van der Waals surface area (Å²) < 4.78 is 20.6. The average molecular weight is 120 g/mol. The van der Waals surface area contributed by atoms with E-state index >= 15 is 0 Å². The molecule has 1 fully saturated rings. The van der Waals surface area contributed by atoms with Crippen LogP contribution in [-0.4, -0.2) is 19.4 Å². The smallest absolute Gasteiger partial charge is 0.155 e. The van der Waals surface area contributed by atoms with Gasteiger partial charge in [-0.05, 0) is 6.42 Å². The predicted molar refractivity (Wildman–Crippen MR) is 27.9 cm³/mol. The minimum absolute atomic E-state index is 0.0208. The summed E-state index contributed by atoms with van der Waals surface area (Å²) in [5.74, 6) is 0.434. The van der Waals surface area contributed by atoms with Crippen molar-refractivity contribution in [2.24, 2.45) is 0 Å². The summed E-state index contributed by atoms with van der Waals surface area (Å²) >= 11 is 0. The van der Waals surface area contributed by atoms with Crippen molar-refractivity contribution in [3.63, 3.8) is 0 Å². The Kier molecular flexibility index (Phi) is 0.885. The molecule has 1 aliphatic heterocycles. The third-order valence-electron chi connectivity index (χ3n) is 1.27. The maximum Gasteiger partial charge on any atom is 0.155 e. The first-order valence-electron chi connectivity index (χ1n) is 2.38. The van der Waals surface area contributed by atoms with E-state index in [1.165, 1.54) is 0 Å². The van der Waals surface area contributed by atoms with Gasteiger partial charge in [0.25, 0.3) is 0 Å². The lowest BCUT2D eigenvalue weighted by Crippen LogP contribution is -1.81. The molecule has 3 heteroatoms. The third-order valence-corrected chi connectivity index (χ3v) is 3.22. The molecule has 1 unspecified atom stereocenters. The van der Waals surface area contributed by atoms with Gasteiger partial charge >= 0.3 is 0 Å². The fourth-order valence-electron chi connectivity index (χ4n) is 0.592. The zero-order chi connectivity index (χ0) is 5.49. The molecule has 1 saturated heterocycles. The van der Waals surface area contributed by atoms with E-state index in [1.807, 2.05) is 6.92 Å². The molecule has 0 N–H and O–H groups in total. The van der Waals surface area contributed by atoms with Crippen molar-refractivity contribution in [1.29, 1.82) is 0 Å². The quantitative estimate of drug-likeness (QED) is 0.463. The van der Waals surface area contributed by atoms with E-state index in [0.717, 1.165) is 6.42 Å². The second kappa shape index (κ2) is 1.22. The molecule has 0 aromatic carbocycles. The fourth-order valence-corrected chi connectivity index (χ4v) is 2.11. The van der Waals surface area contributed by atoms with Gasteiger partial charge < -0.3 is 0 Å². The van der Waals surface area contributed by atoms with Gasteiger partial charge in [-0.25, -0.2) is 8.42 Å². The summed E-state index contributed by atoms with van der Waals surface area (Å²) in [4.78, 5) is 0. The van der Waals surface area contributed by atoms with Gasteiger partial charge in [-0.1, -0.05) is 6.92 Å². The first-order valence-corrected chi connectivity index (χ1v) is 4.10. The van der Waals surface area contributed by atoms with E-state index < -0.39 is 9.84 Å². The van der Waals surface area contributed by atoms with Gasteiger partial charge in [-0.2, -0.15) is 0 Å². The van der Waals surface area contributed by atoms with Gasteiger partial charge in [-0.15, -0.1) is 0 Å². The highest BCUT2D eigenvalue weighted by Gasteiger charge is 2.41. The highest BCUT2D eigenvalue weighted by atomic mass is 32.2. The molecule has 0 radical (unpaired) electrons. The van der Waals surface area contributed by atoms with Crippen LogP contribution in [-0.2, 0) is 9.84 Å². The first-order chi connectivity index (χ1) is 3.17. The fraction of sp³-hybridized carbons (Fsp3) is 1.00. The lowest BCUT2D eigenvalue weighted by molar-refractivity contribution is 0.611. The van der Waals surface area contributed by atoms with Crippen LogP contribution in [0, 0.1) is 0 Å². The Morgan fingerprint density at radius 1 is 1.71 bits per heavy atom. The van der Waals surface area contributed by atoms with Crippen LogP contribution < -0.4 is 0 Å². The summed E-state index contributed by atoms with van der Waals surface area (Å²) in [6.45, 7) is 1.90. The Morgan fingerprint density at radius 2 is 2.14 bits per heavy atom. The van der Waals surface area contributed by atoms with Gasteiger partial charge in [0.05, 0.1) is 11.0 Å². The molecule has 1 aliphatic rings. The van der Waals surface area contributed by atoms with Crippen molar-refractivity contribution in [3.05, 3.63) is 0 Å². The van der Waals surface area contributed by atoms with Gasteiger partial charge in [0.2, 0.25) is 0 Å². The minimum atomic E-state index is -2.51. The molecular weight excluding hydrogens is 112 g/mol. The topological polar surface area (TPSA) is 34.1 Å². The zero-order valence-corrected chi connectivity index (χ0v) is 5.03. The highest BCUT2D eigenvalue weighted by molar-refractivity contribution is 7.99. The van der Waals surface area contributed by atoms with Crippen molar-refractivity contribution in [2.75, 3.05) is 5.75 Å². The number of sulfone groups is 1. The number of rotatable bonds is 1. The Hall–Kier alpha value is -0.0500. The van der Waals surface area contributed by atoms with Gasteiger partial charge in [0.15, 0.2) is 9.84 Å². The predicted octanol–water partition coefficient (Wildman–Crippen LogP) is 0.193. The van der Waals surface area contributed by atoms with Crippen molar-refractivity contribution < 1.29 is 8.42 Å². The molecule has 1 atom stereocenters. The maximum atomic E-state index is 10.3. The Bertz CT molecular complexity index is 157. The molecule has 0 aromatic heterocycles. The number of hydrogen-bond acceptors (Lipinski definition) is 2. The van der Waals surface area contributed by atoms with E-state index in [4.69, 9.17) is 0 Å².